The van der Waals surface area contributed by atoms with E-state index in [0.29, 0.717) is 0 Å². The van der Waals surface area contributed by atoms with Crippen LogP contribution in [0.15, 0.2) is 12.1 Å². The molecule has 0 aliphatic rings. The molecule has 1 unspecified atom stereocenters. The topological polar surface area (TPSA) is 38.3 Å². The van der Waals surface area contributed by atoms with E-state index in [2.05, 4.69) is 5.32 Å². The van der Waals surface area contributed by atoms with E-state index in [0.717, 1.165) is 6.07 Å². The Bertz CT molecular complexity index is 440. The number of alkyl halides is 1. The van der Waals surface area contributed by atoms with Crippen molar-refractivity contribution in [2.75, 3.05) is 20.3 Å². The van der Waals surface area contributed by atoms with Crippen LogP contribution >= 0.6 is 11.6 Å². The van der Waals surface area contributed by atoms with E-state index in [9.17, 15) is 13.6 Å². The second kappa shape index (κ2) is 6.66. The van der Waals surface area contributed by atoms with E-state index < -0.39 is 28.5 Å². The summed E-state index contributed by atoms with van der Waals surface area (Å²) in [5, 5.41) is 1.91. The Labute approximate surface area is 109 Å². The van der Waals surface area contributed by atoms with Crippen LogP contribution in [0.3, 0.4) is 0 Å². The molecule has 18 heavy (non-hydrogen) atoms. The van der Waals surface area contributed by atoms with E-state index in [1.807, 2.05) is 0 Å². The van der Waals surface area contributed by atoms with Crippen LogP contribution in [0.2, 0.25) is 0 Å². The van der Waals surface area contributed by atoms with Gasteiger partial charge in [-0.05, 0) is 18.6 Å². The zero-order valence-electron chi connectivity index (χ0n) is 10.1. The van der Waals surface area contributed by atoms with Crippen LogP contribution in [-0.4, -0.2) is 31.5 Å². The number of aryl methyl sites for hydroxylation is 1. The van der Waals surface area contributed by atoms with Gasteiger partial charge in [-0.2, -0.15) is 0 Å². The fourth-order valence-corrected chi connectivity index (χ4v) is 1.60. The zero-order chi connectivity index (χ0) is 13.7. The first-order valence-corrected chi connectivity index (χ1v) is 5.76. The molecule has 0 fully saturated rings. The summed E-state index contributed by atoms with van der Waals surface area (Å²) < 4.78 is 31.8. The van der Waals surface area contributed by atoms with Gasteiger partial charge in [0.2, 0.25) is 0 Å². The summed E-state index contributed by atoms with van der Waals surface area (Å²) in [6.45, 7) is 1.77. The summed E-state index contributed by atoms with van der Waals surface area (Å²) in [5.41, 5.74) is -0.378. The number of methoxy groups -OCH3 is 1. The van der Waals surface area contributed by atoms with Gasteiger partial charge in [0.15, 0.2) is 0 Å². The lowest BCUT2D eigenvalue weighted by molar-refractivity contribution is 0.0940. The highest BCUT2D eigenvalue weighted by molar-refractivity contribution is 6.21. The minimum absolute atomic E-state index is 0.0705. The quantitative estimate of drug-likeness (QED) is 0.839. The van der Waals surface area contributed by atoms with Crippen LogP contribution in [0, 0.1) is 18.6 Å². The van der Waals surface area contributed by atoms with Gasteiger partial charge in [-0.3, -0.25) is 4.79 Å². The number of carbonyl (C=O) groups is 1. The zero-order valence-corrected chi connectivity index (χ0v) is 10.9. The van der Waals surface area contributed by atoms with Crippen LogP contribution in [0.4, 0.5) is 8.78 Å². The van der Waals surface area contributed by atoms with Crippen molar-refractivity contribution < 1.29 is 18.3 Å². The maximum absolute atomic E-state index is 13.6. The summed E-state index contributed by atoms with van der Waals surface area (Å²) >= 11 is 5.80. The molecule has 1 N–H and O–H groups in total. The van der Waals surface area contributed by atoms with E-state index in [1.54, 1.807) is 0 Å². The fourth-order valence-electron chi connectivity index (χ4n) is 1.40. The third kappa shape index (κ3) is 3.65. The molecule has 0 aromatic heterocycles. The summed E-state index contributed by atoms with van der Waals surface area (Å²) in [4.78, 5) is 11.7. The van der Waals surface area contributed by atoms with Crippen molar-refractivity contribution >= 4 is 17.5 Å². The first kappa shape index (κ1) is 14.9. The van der Waals surface area contributed by atoms with E-state index in [-0.39, 0.29) is 18.7 Å². The second-order valence-corrected chi connectivity index (χ2v) is 4.43. The van der Waals surface area contributed by atoms with E-state index >= 15 is 0 Å². The minimum atomic E-state index is -0.895. The molecule has 0 heterocycles. The van der Waals surface area contributed by atoms with Crippen LogP contribution in [-0.2, 0) is 4.74 Å². The number of amides is 1. The Kier molecular flexibility index (Phi) is 5.50. The van der Waals surface area contributed by atoms with E-state index in [1.165, 1.54) is 20.1 Å². The van der Waals surface area contributed by atoms with Gasteiger partial charge in [-0.15, -0.1) is 11.6 Å². The first-order chi connectivity index (χ1) is 8.47. The Morgan fingerprint density at radius 1 is 1.50 bits per heavy atom. The predicted octanol–water partition coefficient (Wildman–Crippen LogP) is 2.26. The molecule has 0 radical (unpaired) electrons. The fraction of sp³-hybridized carbons (Fsp3) is 0.417. The lowest BCUT2D eigenvalue weighted by atomic mass is 10.1. The molecule has 6 heteroatoms. The number of hydrogen-bond donors (Lipinski definition) is 1. The van der Waals surface area contributed by atoms with Crippen LogP contribution in [0.1, 0.15) is 15.9 Å². The van der Waals surface area contributed by atoms with Crippen molar-refractivity contribution in [3.63, 3.8) is 0 Å². The number of carbonyl (C=O) groups excluding carboxylic acids is 1. The van der Waals surface area contributed by atoms with Crippen molar-refractivity contribution in [2.24, 2.45) is 0 Å². The lowest BCUT2D eigenvalue weighted by Crippen LogP contribution is -2.32. The Morgan fingerprint density at radius 2 is 2.17 bits per heavy atom. The lowest BCUT2D eigenvalue weighted by Gasteiger charge is -2.11. The van der Waals surface area contributed by atoms with E-state index in [4.69, 9.17) is 16.3 Å². The van der Waals surface area contributed by atoms with Gasteiger partial charge in [0.05, 0.1) is 12.0 Å². The normalized spacial score (nSPS) is 12.3. The molecule has 0 saturated heterocycles. The third-order valence-electron chi connectivity index (χ3n) is 2.34. The minimum Gasteiger partial charge on any atom is -0.383 e. The maximum Gasteiger partial charge on any atom is 0.257 e. The van der Waals surface area contributed by atoms with Crippen molar-refractivity contribution in [1.82, 2.24) is 5.32 Å². The van der Waals surface area contributed by atoms with Gasteiger partial charge in [-0.25, -0.2) is 8.78 Å². The SMILES string of the molecule is COCC(Cl)CNC(=O)c1c(F)ccc(C)c1F. The molecule has 0 aliphatic carbocycles. The summed E-state index contributed by atoms with van der Waals surface area (Å²) in [7, 11) is 1.47. The molecule has 0 aliphatic heterocycles. The number of hydrogen-bond acceptors (Lipinski definition) is 2. The van der Waals surface area contributed by atoms with Gasteiger partial charge in [0.1, 0.15) is 17.2 Å². The number of rotatable bonds is 5. The third-order valence-corrected chi connectivity index (χ3v) is 2.62. The molecule has 1 rings (SSSR count). The van der Waals surface area contributed by atoms with Crippen molar-refractivity contribution in [2.45, 2.75) is 12.3 Å². The predicted molar refractivity (Wildman–Crippen MR) is 64.9 cm³/mol. The van der Waals surface area contributed by atoms with Crippen LogP contribution in [0.25, 0.3) is 0 Å². The molecule has 1 aromatic rings. The summed E-state index contributed by atoms with van der Waals surface area (Å²) in [6, 6.07) is 2.33. The average molecular weight is 278 g/mol. The smallest absolute Gasteiger partial charge is 0.257 e. The highest BCUT2D eigenvalue weighted by Crippen LogP contribution is 2.16. The summed E-state index contributed by atoms with van der Waals surface area (Å²) in [5.74, 6) is -2.57. The molecular formula is C12H14ClF2NO2. The van der Waals surface area contributed by atoms with Crippen LogP contribution < -0.4 is 5.32 Å². The molecule has 1 atom stereocenters. The number of benzene rings is 1. The van der Waals surface area contributed by atoms with Crippen molar-refractivity contribution in [1.29, 1.82) is 0 Å². The highest BCUT2D eigenvalue weighted by atomic mass is 35.5. The van der Waals surface area contributed by atoms with Gasteiger partial charge in [0, 0.05) is 13.7 Å². The molecule has 100 valence electrons. The van der Waals surface area contributed by atoms with Crippen molar-refractivity contribution in [3.8, 4) is 0 Å². The molecule has 0 spiro atoms. The Balaban J connectivity index is 2.76. The maximum atomic E-state index is 13.6. The summed E-state index contributed by atoms with van der Waals surface area (Å²) in [6.07, 6.45) is 0. The van der Waals surface area contributed by atoms with Gasteiger partial charge in [-0.1, -0.05) is 6.07 Å². The first-order valence-electron chi connectivity index (χ1n) is 5.33. The largest absolute Gasteiger partial charge is 0.383 e. The van der Waals surface area contributed by atoms with Crippen LogP contribution in [0.5, 0.6) is 0 Å². The Hall–Kier alpha value is -1.20. The Morgan fingerprint density at radius 3 is 2.78 bits per heavy atom. The molecule has 3 nitrogen and oxygen atoms in total. The highest BCUT2D eigenvalue weighted by Gasteiger charge is 2.19. The number of ether oxygens (including phenoxy) is 1. The van der Waals surface area contributed by atoms with Gasteiger partial charge < -0.3 is 10.1 Å². The van der Waals surface area contributed by atoms with Gasteiger partial charge in [0.25, 0.3) is 5.91 Å². The average Bonchev–Trinajstić information content (AvgIpc) is 2.32. The monoisotopic (exact) mass is 277 g/mol. The molecule has 1 aromatic carbocycles. The van der Waals surface area contributed by atoms with Crippen molar-refractivity contribution in [3.05, 3.63) is 34.9 Å². The number of halogens is 3. The standard InChI is InChI=1S/C12H14ClF2NO2/c1-7-3-4-9(14)10(11(7)15)12(17)16-5-8(13)6-18-2/h3-4,8H,5-6H2,1-2H3,(H,16,17). The molecule has 0 saturated carbocycles. The number of nitrogens with one attached hydrogen (secondary N) is 1. The molecule has 0 bridgehead atoms. The van der Waals surface area contributed by atoms with Gasteiger partial charge >= 0.3 is 0 Å². The molecule has 1 amide bonds. The second-order valence-electron chi connectivity index (χ2n) is 3.82. The molecular weight excluding hydrogens is 264 g/mol.